The van der Waals surface area contributed by atoms with Crippen LogP contribution in [0.2, 0.25) is 0 Å². The predicted octanol–water partition coefficient (Wildman–Crippen LogP) is 2.94. The van der Waals surface area contributed by atoms with Gasteiger partial charge in [0, 0.05) is 19.7 Å². The first-order chi connectivity index (χ1) is 9.45. The van der Waals surface area contributed by atoms with Crippen molar-refractivity contribution in [3.8, 4) is 0 Å². The zero-order chi connectivity index (χ0) is 14.8. The summed E-state index contributed by atoms with van der Waals surface area (Å²) in [6.45, 7) is 6.63. The summed E-state index contributed by atoms with van der Waals surface area (Å²) in [5.74, 6) is 1.44. The van der Waals surface area contributed by atoms with Gasteiger partial charge in [-0.2, -0.15) is 4.98 Å². The van der Waals surface area contributed by atoms with Gasteiger partial charge >= 0.3 is 0 Å². The van der Waals surface area contributed by atoms with Crippen molar-refractivity contribution in [3.05, 3.63) is 11.4 Å². The van der Waals surface area contributed by atoms with Crippen molar-refractivity contribution < 1.29 is 5.11 Å². The van der Waals surface area contributed by atoms with Crippen LogP contribution >= 0.6 is 11.3 Å². The maximum absolute atomic E-state index is 9.27. The summed E-state index contributed by atoms with van der Waals surface area (Å²) in [4.78, 5) is 9.92. The summed E-state index contributed by atoms with van der Waals surface area (Å²) in [5, 5.41) is 18.8. The zero-order valence-electron chi connectivity index (χ0n) is 12.4. The fourth-order valence-corrected chi connectivity index (χ4v) is 2.86. The minimum atomic E-state index is 0.0375. The van der Waals surface area contributed by atoms with Crippen molar-refractivity contribution in [3.63, 3.8) is 0 Å². The van der Waals surface area contributed by atoms with Gasteiger partial charge in [-0.3, -0.25) is 0 Å². The van der Waals surface area contributed by atoms with Gasteiger partial charge in [-0.25, -0.2) is 4.98 Å². The third kappa shape index (κ3) is 3.19. The van der Waals surface area contributed by atoms with E-state index >= 15 is 0 Å². The normalized spacial score (nSPS) is 13.4. The van der Waals surface area contributed by atoms with Crippen LogP contribution in [0, 0.1) is 5.41 Å². The fraction of sp³-hybridized carbons (Fsp3) is 0.571. The van der Waals surface area contributed by atoms with Gasteiger partial charge in [-0.1, -0.05) is 20.8 Å². The molecule has 0 bridgehead atoms. The van der Waals surface area contributed by atoms with E-state index in [1.807, 2.05) is 18.5 Å². The SMILES string of the molecule is CNc1nc(NC(CCO)C(C)(C)C)c2ccsc2n1. The van der Waals surface area contributed by atoms with Gasteiger partial charge in [0.15, 0.2) is 0 Å². The quantitative estimate of drug-likeness (QED) is 0.791. The second-order valence-corrected chi connectivity index (χ2v) is 6.76. The molecule has 2 heterocycles. The number of thiophene rings is 1. The smallest absolute Gasteiger partial charge is 0.225 e. The molecule has 0 fully saturated rings. The highest BCUT2D eigenvalue weighted by atomic mass is 32.1. The summed E-state index contributed by atoms with van der Waals surface area (Å²) in [6.07, 6.45) is 0.689. The Balaban J connectivity index is 2.38. The van der Waals surface area contributed by atoms with Crippen molar-refractivity contribution >= 4 is 33.3 Å². The predicted molar refractivity (Wildman–Crippen MR) is 85.5 cm³/mol. The van der Waals surface area contributed by atoms with E-state index in [9.17, 15) is 5.11 Å². The van der Waals surface area contributed by atoms with E-state index in [4.69, 9.17) is 0 Å². The molecule has 20 heavy (non-hydrogen) atoms. The molecule has 2 aromatic rings. The van der Waals surface area contributed by atoms with Crippen LogP contribution in [-0.4, -0.2) is 34.8 Å². The van der Waals surface area contributed by atoms with E-state index in [1.165, 1.54) is 0 Å². The van der Waals surface area contributed by atoms with Crippen LogP contribution in [-0.2, 0) is 0 Å². The van der Waals surface area contributed by atoms with Crippen molar-refractivity contribution in [1.82, 2.24) is 9.97 Å². The lowest BCUT2D eigenvalue weighted by Gasteiger charge is -2.31. The molecule has 0 aliphatic heterocycles. The molecule has 110 valence electrons. The Labute approximate surface area is 123 Å². The van der Waals surface area contributed by atoms with Gasteiger partial charge < -0.3 is 15.7 Å². The Hall–Kier alpha value is -1.40. The molecule has 5 nitrogen and oxygen atoms in total. The Morgan fingerprint density at radius 3 is 2.70 bits per heavy atom. The summed E-state index contributed by atoms with van der Waals surface area (Å²) < 4.78 is 0. The average molecular weight is 294 g/mol. The van der Waals surface area contributed by atoms with Crippen LogP contribution in [0.25, 0.3) is 10.2 Å². The molecular weight excluding hydrogens is 272 g/mol. The summed E-state index contributed by atoms with van der Waals surface area (Å²) in [7, 11) is 1.81. The second kappa shape index (κ2) is 5.93. The van der Waals surface area contributed by atoms with Crippen LogP contribution < -0.4 is 10.6 Å². The summed E-state index contributed by atoms with van der Waals surface area (Å²) in [5.41, 5.74) is 0.0375. The maximum atomic E-state index is 9.27. The molecular formula is C14H22N4OS. The number of anilines is 2. The van der Waals surface area contributed by atoms with Crippen molar-refractivity contribution in [2.75, 3.05) is 24.3 Å². The molecule has 0 aromatic carbocycles. The topological polar surface area (TPSA) is 70.1 Å². The fourth-order valence-electron chi connectivity index (χ4n) is 2.09. The molecule has 0 saturated heterocycles. The Bertz CT molecular complexity index is 576. The van der Waals surface area contributed by atoms with Crippen LogP contribution in [0.1, 0.15) is 27.2 Å². The zero-order valence-corrected chi connectivity index (χ0v) is 13.2. The molecule has 0 amide bonds. The third-order valence-electron chi connectivity index (χ3n) is 3.32. The van der Waals surface area contributed by atoms with Crippen molar-refractivity contribution in [1.29, 1.82) is 0 Å². The number of aromatic nitrogens is 2. The highest BCUT2D eigenvalue weighted by molar-refractivity contribution is 7.16. The Kier molecular flexibility index (Phi) is 4.45. The third-order valence-corrected chi connectivity index (χ3v) is 4.13. The van der Waals surface area contributed by atoms with Crippen LogP contribution in [0.5, 0.6) is 0 Å². The van der Waals surface area contributed by atoms with E-state index in [0.717, 1.165) is 16.0 Å². The number of fused-ring (bicyclic) bond motifs is 1. The van der Waals surface area contributed by atoms with Crippen LogP contribution in [0.15, 0.2) is 11.4 Å². The molecule has 1 unspecified atom stereocenters. The Morgan fingerprint density at radius 1 is 1.35 bits per heavy atom. The molecule has 2 rings (SSSR count). The van der Waals surface area contributed by atoms with Crippen molar-refractivity contribution in [2.24, 2.45) is 5.41 Å². The summed E-state index contributed by atoms with van der Waals surface area (Å²) in [6, 6.07) is 2.18. The average Bonchev–Trinajstić information content (AvgIpc) is 2.85. The van der Waals surface area contributed by atoms with E-state index in [2.05, 4.69) is 41.4 Å². The van der Waals surface area contributed by atoms with Gasteiger partial charge in [0.25, 0.3) is 0 Å². The highest BCUT2D eigenvalue weighted by Crippen LogP contribution is 2.30. The molecule has 0 saturated carbocycles. The summed E-state index contributed by atoms with van der Waals surface area (Å²) >= 11 is 1.60. The van der Waals surface area contributed by atoms with Gasteiger partial charge in [0.2, 0.25) is 5.95 Å². The lowest BCUT2D eigenvalue weighted by molar-refractivity contribution is 0.235. The second-order valence-electron chi connectivity index (χ2n) is 5.86. The van der Waals surface area contributed by atoms with Crippen LogP contribution in [0.4, 0.5) is 11.8 Å². The molecule has 0 spiro atoms. The largest absolute Gasteiger partial charge is 0.396 e. The number of aliphatic hydroxyl groups excluding tert-OH is 1. The number of aliphatic hydroxyl groups is 1. The van der Waals surface area contributed by atoms with E-state index in [0.29, 0.717) is 12.4 Å². The first-order valence-electron chi connectivity index (χ1n) is 6.76. The molecule has 0 radical (unpaired) electrons. The van der Waals surface area contributed by atoms with Gasteiger partial charge in [-0.15, -0.1) is 11.3 Å². The minimum absolute atomic E-state index is 0.0375. The first-order valence-corrected chi connectivity index (χ1v) is 7.64. The molecule has 0 aliphatic carbocycles. The van der Waals surface area contributed by atoms with E-state index in [1.54, 1.807) is 11.3 Å². The molecule has 1 atom stereocenters. The lowest BCUT2D eigenvalue weighted by atomic mass is 9.85. The van der Waals surface area contributed by atoms with Crippen LogP contribution in [0.3, 0.4) is 0 Å². The van der Waals surface area contributed by atoms with E-state index in [-0.39, 0.29) is 18.1 Å². The first kappa shape index (κ1) is 15.0. The molecule has 6 heteroatoms. The number of rotatable bonds is 5. The van der Waals surface area contributed by atoms with Gasteiger partial charge in [0.05, 0.1) is 5.39 Å². The Morgan fingerprint density at radius 2 is 2.10 bits per heavy atom. The monoisotopic (exact) mass is 294 g/mol. The number of nitrogens with one attached hydrogen (secondary N) is 2. The molecule has 0 aliphatic rings. The maximum Gasteiger partial charge on any atom is 0.225 e. The number of nitrogens with zero attached hydrogens (tertiary/aromatic N) is 2. The van der Waals surface area contributed by atoms with Gasteiger partial charge in [0.1, 0.15) is 10.6 Å². The number of hydrogen-bond donors (Lipinski definition) is 3. The lowest BCUT2D eigenvalue weighted by Crippen LogP contribution is -2.35. The van der Waals surface area contributed by atoms with E-state index < -0.39 is 0 Å². The standard InChI is InChI=1S/C14H22N4OS/c1-14(2,3)10(5-7-19)16-11-9-6-8-20-12(9)18-13(15-4)17-11/h6,8,10,19H,5,7H2,1-4H3,(H2,15,16,17,18). The van der Waals surface area contributed by atoms with Crippen molar-refractivity contribution in [2.45, 2.75) is 33.2 Å². The number of hydrogen-bond acceptors (Lipinski definition) is 6. The molecule has 3 N–H and O–H groups in total. The molecule has 2 aromatic heterocycles. The minimum Gasteiger partial charge on any atom is -0.396 e. The highest BCUT2D eigenvalue weighted by Gasteiger charge is 2.25. The van der Waals surface area contributed by atoms with Gasteiger partial charge in [-0.05, 0) is 23.3 Å².